The van der Waals surface area contributed by atoms with Gasteiger partial charge in [-0.15, -0.1) is 34.9 Å². The summed E-state index contributed by atoms with van der Waals surface area (Å²) < 4.78 is 17.2. The topological polar surface area (TPSA) is 50.2 Å². The van der Waals surface area contributed by atoms with Gasteiger partial charge < -0.3 is 10.1 Å². The number of aliphatic hydroxyl groups excluding tert-OH is 1. The van der Waals surface area contributed by atoms with E-state index in [4.69, 9.17) is 7.73 Å². The summed E-state index contributed by atoms with van der Waals surface area (Å²) in [6, 6.07) is 26.6. The van der Waals surface area contributed by atoms with Crippen molar-refractivity contribution in [3.05, 3.63) is 102 Å². The number of fused-ring (bicyclic) bond motifs is 5. The summed E-state index contributed by atoms with van der Waals surface area (Å²) in [5.41, 5.74) is 2.56. The predicted molar refractivity (Wildman–Crippen MR) is 184 cm³/mol. The predicted octanol–water partition coefficient (Wildman–Crippen LogP) is 11.3. The minimum absolute atomic E-state index is 0. The van der Waals surface area contributed by atoms with Gasteiger partial charge in [-0.05, 0) is 55.9 Å². The Labute approximate surface area is 280 Å². The van der Waals surface area contributed by atoms with Gasteiger partial charge in [0, 0.05) is 45.9 Å². The summed E-state index contributed by atoms with van der Waals surface area (Å²) in [6.45, 7) is 18.6. The molecular formula is C40H46IrNO2-. The van der Waals surface area contributed by atoms with Gasteiger partial charge in [0.15, 0.2) is 5.78 Å². The van der Waals surface area contributed by atoms with E-state index in [1.54, 1.807) is 0 Å². The van der Waals surface area contributed by atoms with Crippen LogP contribution in [0.25, 0.3) is 43.6 Å². The van der Waals surface area contributed by atoms with Crippen molar-refractivity contribution in [2.24, 2.45) is 10.8 Å². The first-order valence-electron chi connectivity index (χ1n) is 15.9. The van der Waals surface area contributed by atoms with Gasteiger partial charge in [0.05, 0.1) is 0 Å². The maximum atomic E-state index is 11.5. The molecule has 1 N–H and O–H groups in total. The molecule has 1 radical (unpaired) electrons. The van der Waals surface area contributed by atoms with Crippen LogP contribution >= 0.6 is 0 Å². The smallest absolute Gasteiger partial charge is 0.164 e. The van der Waals surface area contributed by atoms with E-state index < -0.39 is 17.2 Å². The summed E-state index contributed by atoms with van der Waals surface area (Å²) in [4.78, 5) is 16.2. The Morgan fingerprint density at radius 1 is 0.795 bits per heavy atom. The number of nitrogens with zero attached hydrogens (tertiary/aromatic N) is 1. The van der Waals surface area contributed by atoms with Gasteiger partial charge in [0.25, 0.3) is 0 Å². The summed E-state index contributed by atoms with van der Waals surface area (Å²) in [7, 11) is 0. The van der Waals surface area contributed by atoms with Crippen LogP contribution < -0.4 is 0 Å². The van der Waals surface area contributed by atoms with Gasteiger partial charge in [-0.2, -0.15) is 0 Å². The molecule has 0 spiro atoms. The number of carbonyl (C=O) groups excluding carboxylic acids is 1. The Bertz CT molecular complexity index is 1880. The van der Waals surface area contributed by atoms with Crippen molar-refractivity contribution in [3.63, 3.8) is 0 Å². The molecule has 0 fully saturated rings. The van der Waals surface area contributed by atoms with E-state index in [1.165, 1.54) is 27.6 Å². The van der Waals surface area contributed by atoms with Crippen LogP contribution in [0.5, 0.6) is 0 Å². The second-order valence-corrected chi connectivity index (χ2v) is 13.8. The summed E-state index contributed by atoms with van der Waals surface area (Å²) in [5.74, 6) is -1.49. The molecule has 5 rings (SSSR count). The zero-order chi connectivity index (χ0) is 33.5. The summed E-state index contributed by atoms with van der Waals surface area (Å²) in [6.07, 6.45) is 3.18. The number of hydrogen-bond acceptors (Lipinski definition) is 3. The standard InChI is InChI=1S/C29H26N.C11H20O2.Ir/c1-18(2)21-15-22(19(3)4)17-23(16-21)29-28-12-11-25-24-8-6-5-7-20(24)9-10-26(25)27(28)13-14-30-29;1-10(2,3)8(12)7-9(13)11(4,5)6;/h5-16,18-19H,1-4H3;7,12H,1-6H3;/q-1;;/b;8-7-;/i18D,19D;;. The number of benzene rings is 4. The van der Waals surface area contributed by atoms with E-state index in [9.17, 15) is 9.90 Å². The van der Waals surface area contributed by atoms with E-state index in [0.29, 0.717) is 0 Å². The van der Waals surface area contributed by atoms with Crippen LogP contribution in [0, 0.1) is 16.9 Å². The fourth-order valence-corrected chi connectivity index (χ4v) is 4.78. The van der Waals surface area contributed by atoms with Crippen LogP contribution in [-0.4, -0.2) is 15.9 Å². The van der Waals surface area contributed by atoms with E-state index in [-0.39, 0.29) is 37.1 Å². The molecule has 233 valence electrons. The monoisotopic (exact) mass is 767 g/mol. The Morgan fingerprint density at radius 2 is 1.39 bits per heavy atom. The number of hydrogen-bond donors (Lipinski definition) is 1. The van der Waals surface area contributed by atoms with Gasteiger partial charge in [0.1, 0.15) is 5.76 Å². The fourth-order valence-electron chi connectivity index (χ4n) is 4.78. The molecule has 0 aliphatic rings. The van der Waals surface area contributed by atoms with E-state index in [0.717, 1.165) is 33.2 Å². The normalized spacial score (nSPS) is 13.5. The second-order valence-electron chi connectivity index (χ2n) is 13.8. The summed E-state index contributed by atoms with van der Waals surface area (Å²) in [5, 5.41) is 16.7. The maximum Gasteiger partial charge on any atom is 0.164 e. The van der Waals surface area contributed by atoms with Gasteiger partial charge in [-0.3, -0.25) is 4.79 Å². The minimum Gasteiger partial charge on any atom is -0.512 e. The first kappa shape index (κ1) is 32.1. The molecule has 0 unspecified atom stereocenters. The Morgan fingerprint density at radius 3 is 2.00 bits per heavy atom. The van der Waals surface area contributed by atoms with Crippen LogP contribution in [0.1, 0.15) is 94.9 Å². The molecule has 0 bridgehead atoms. The zero-order valence-corrected chi connectivity index (χ0v) is 30.0. The number of ketones is 1. The third-order valence-corrected chi connectivity index (χ3v) is 7.68. The SMILES string of the molecule is CC(C)(C)C(=O)/C=C(\O)C(C)(C)C.[2H]C(C)(C)c1[c-]c(-c2nccc3c2ccc2c4ccccc4ccc32)cc(C([2H])(C)C)c1.[Ir]. The molecule has 0 saturated carbocycles. The number of allylic oxidation sites excluding steroid dienone is 2. The van der Waals surface area contributed by atoms with Crippen LogP contribution in [0.4, 0.5) is 0 Å². The number of pyridine rings is 1. The van der Waals surface area contributed by atoms with Crippen molar-refractivity contribution in [1.29, 1.82) is 0 Å². The molecule has 0 amide bonds. The van der Waals surface area contributed by atoms with E-state index >= 15 is 0 Å². The minimum atomic E-state index is -0.813. The number of aromatic nitrogens is 1. The first-order chi connectivity index (χ1) is 20.7. The largest absolute Gasteiger partial charge is 0.512 e. The van der Waals surface area contributed by atoms with Gasteiger partial charge in [-0.1, -0.05) is 118 Å². The van der Waals surface area contributed by atoms with E-state index in [1.807, 2.05) is 87.6 Å². The van der Waals surface area contributed by atoms with Crippen molar-refractivity contribution in [2.45, 2.75) is 81.0 Å². The Kier molecular flexibility index (Phi) is 10.0. The molecule has 4 heteroatoms. The van der Waals surface area contributed by atoms with Crippen LogP contribution in [-0.2, 0) is 24.9 Å². The molecule has 0 aliphatic carbocycles. The van der Waals surface area contributed by atoms with Gasteiger partial charge in [0.2, 0.25) is 0 Å². The van der Waals surface area contributed by atoms with Gasteiger partial charge >= 0.3 is 0 Å². The van der Waals surface area contributed by atoms with Crippen molar-refractivity contribution >= 4 is 38.1 Å². The molecule has 4 aromatic carbocycles. The zero-order valence-electron chi connectivity index (χ0n) is 29.6. The third kappa shape index (κ3) is 7.84. The molecule has 0 aliphatic heterocycles. The Balaban J connectivity index is 0.000000352. The van der Waals surface area contributed by atoms with Crippen LogP contribution in [0.15, 0.2) is 84.8 Å². The molecule has 0 atom stereocenters. The van der Waals surface area contributed by atoms with Crippen molar-refractivity contribution in [1.82, 2.24) is 4.98 Å². The molecule has 3 nitrogen and oxygen atoms in total. The maximum absolute atomic E-state index is 11.5. The molecule has 1 aromatic heterocycles. The summed E-state index contributed by atoms with van der Waals surface area (Å²) >= 11 is 0. The Hall–Kier alpha value is -3.33. The van der Waals surface area contributed by atoms with Crippen LogP contribution in [0.2, 0.25) is 0 Å². The van der Waals surface area contributed by atoms with Crippen molar-refractivity contribution in [2.75, 3.05) is 0 Å². The second kappa shape index (κ2) is 13.8. The number of rotatable bonds is 4. The molecule has 1 heterocycles. The first-order valence-corrected chi connectivity index (χ1v) is 14.9. The molecule has 5 aromatic rings. The number of carbonyl (C=O) groups is 1. The van der Waals surface area contributed by atoms with Crippen LogP contribution in [0.3, 0.4) is 0 Å². The van der Waals surface area contributed by atoms with Gasteiger partial charge in [-0.25, -0.2) is 0 Å². The fraction of sp³-hybridized carbons (Fsp3) is 0.350. The third-order valence-electron chi connectivity index (χ3n) is 7.68. The van der Waals surface area contributed by atoms with Crippen molar-refractivity contribution < 1.29 is 32.7 Å². The average molecular weight is 767 g/mol. The van der Waals surface area contributed by atoms with Crippen molar-refractivity contribution in [3.8, 4) is 11.3 Å². The molecular weight excluding hydrogens is 719 g/mol. The quantitative estimate of drug-likeness (QED) is 0.0858. The molecule has 0 saturated heterocycles. The number of aliphatic hydroxyl groups is 1. The van der Waals surface area contributed by atoms with E-state index in [2.05, 4.69) is 60.7 Å². The average Bonchev–Trinajstić information content (AvgIpc) is 2.94. The molecule has 44 heavy (non-hydrogen) atoms.